The van der Waals surface area contributed by atoms with Crippen LogP contribution in [0.4, 0.5) is 5.82 Å². The predicted molar refractivity (Wildman–Crippen MR) is 123 cm³/mol. The molecular formula is C23H32N6S. The zero-order valence-electron chi connectivity index (χ0n) is 18.5. The molecule has 0 bridgehead atoms. The van der Waals surface area contributed by atoms with Crippen LogP contribution in [-0.4, -0.2) is 50.8 Å². The van der Waals surface area contributed by atoms with E-state index in [2.05, 4.69) is 59.1 Å². The third kappa shape index (κ3) is 3.42. The number of hydrogen-bond donors (Lipinski definition) is 0. The molecule has 0 aromatic carbocycles. The van der Waals surface area contributed by atoms with Gasteiger partial charge in [0.2, 0.25) is 0 Å². The van der Waals surface area contributed by atoms with Crippen LogP contribution >= 0.6 is 11.3 Å². The molecule has 5 heterocycles. The van der Waals surface area contributed by atoms with Crippen LogP contribution in [0.3, 0.4) is 0 Å². The Morgan fingerprint density at radius 2 is 2.00 bits per heavy atom. The largest absolute Gasteiger partial charge is 0.355 e. The predicted octanol–water partition coefficient (Wildman–Crippen LogP) is 4.29. The van der Waals surface area contributed by atoms with E-state index in [1.54, 1.807) is 6.33 Å². The van der Waals surface area contributed by atoms with Crippen molar-refractivity contribution in [2.24, 2.45) is 18.4 Å². The fourth-order valence-electron chi connectivity index (χ4n) is 5.59. The highest BCUT2D eigenvalue weighted by Gasteiger charge is 2.46. The van der Waals surface area contributed by atoms with Crippen LogP contribution in [0.15, 0.2) is 24.8 Å². The van der Waals surface area contributed by atoms with Gasteiger partial charge >= 0.3 is 0 Å². The van der Waals surface area contributed by atoms with Crippen molar-refractivity contribution in [2.45, 2.75) is 46.1 Å². The standard InChI is InChI=1S/C23H32N6S/c1-5-18-10-19-21(24-15-25-22(19)30-18)29-9-7-23(14-29)6-8-28(13-23)20(16(2)3)17-11-26-27(4)12-17/h10-12,15-16,20H,5-9,13-14H2,1-4H3/t20-,23+/m0/s1. The Bertz CT molecular complexity index is 1040. The minimum atomic E-state index is 0.371. The van der Waals surface area contributed by atoms with Crippen molar-refractivity contribution in [3.63, 3.8) is 0 Å². The molecule has 6 nitrogen and oxygen atoms in total. The Kier molecular flexibility index (Phi) is 5.06. The summed E-state index contributed by atoms with van der Waals surface area (Å²) >= 11 is 1.81. The fourth-order valence-corrected chi connectivity index (χ4v) is 6.52. The molecule has 3 aromatic rings. The second-order valence-corrected chi connectivity index (χ2v) is 10.6. The van der Waals surface area contributed by atoms with E-state index in [-0.39, 0.29) is 0 Å². The van der Waals surface area contributed by atoms with E-state index in [0.29, 0.717) is 17.4 Å². The first-order valence-electron chi connectivity index (χ1n) is 11.2. The van der Waals surface area contributed by atoms with Gasteiger partial charge in [-0.1, -0.05) is 20.8 Å². The van der Waals surface area contributed by atoms with Gasteiger partial charge in [0.05, 0.1) is 11.6 Å². The number of aryl methyl sites for hydroxylation is 2. The molecule has 0 radical (unpaired) electrons. The van der Waals surface area contributed by atoms with E-state index in [4.69, 9.17) is 4.98 Å². The summed E-state index contributed by atoms with van der Waals surface area (Å²) in [4.78, 5) is 17.0. The number of fused-ring (bicyclic) bond motifs is 1. The number of anilines is 1. The van der Waals surface area contributed by atoms with Crippen LogP contribution in [0.1, 0.15) is 50.1 Å². The highest BCUT2D eigenvalue weighted by molar-refractivity contribution is 7.18. The van der Waals surface area contributed by atoms with E-state index in [1.807, 2.05) is 23.1 Å². The van der Waals surface area contributed by atoms with Gasteiger partial charge in [-0.15, -0.1) is 11.3 Å². The van der Waals surface area contributed by atoms with E-state index in [9.17, 15) is 0 Å². The molecule has 160 valence electrons. The first kappa shape index (κ1) is 19.9. The Hall–Kier alpha value is -1.99. The monoisotopic (exact) mass is 424 g/mol. The number of rotatable bonds is 5. The summed E-state index contributed by atoms with van der Waals surface area (Å²) in [6.07, 6.45) is 9.57. The van der Waals surface area contributed by atoms with Crippen LogP contribution in [0.5, 0.6) is 0 Å². The second-order valence-electron chi connectivity index (χ2n) is 9.51. The maximum absolute atomic E-state index is 4.72. The van der Waals surface area contributed by atoms with E-state index >= 15 is 0 Å². The SMILES string of the molecule is CCc1cc2c(N3CC[C@@]4(CCN([C@H](c5cnn(C)c5)C(C)C)C4)C3)ncnc2s1. The normalized spacial score (nSPS) is 23.4. The zero-order chi connectivity index (χ0) is 20.9. The first-order chi connectivity index (χ1) is 14.5. The third-order valence-electron chi connectivity index (χ3n) is 7.00. The summed E-state index contributed by atoms with van der Waals surface area (Å²) in [7, 11) is 2.01. The van der Waals surface area contributed by atoms with Crippen LogP contribution in [0.2, 0.25) is 0 Å². The van der Waals surface area contributed by atoms with Crippen LogP contribution in [-0.2, 0) is 13.5 Å². The lowest BCUT2D eigenvalue weighted by molar-refractivity contribution is 0.170. The Morgan fingerprint density at radius 3 is 2.73 bits per heavy atom. The molecular weight excluding hydrogens is 392 g/mol. The lowest BCUT2D eigenvalue weighted by Gasteiger charge is -2.32. The van der Waals surface area contributed by atoms with Crippen LogP contribution in [0.25, 0.3) is 10.2 Å². The molecule has 2 saturated heterocycles. The van der Waals surface area contributed by atoms with Crippen molar-refractivity contribution in [3.8, 4) is 0 Å². The molecule has 1 spiro atoms. The van der Waals surface area contributed by atoms with Gasteiger partial charge in [0, 0.05) is 54.8 Å². The minimum absolute atomic E-state index is 0.371. The Balaban J connectivity index is 1.36. The molecule has 2 aliphatic heterocycles. The maximum atomic E-state index is 4.72. The second kappa shape index (κ2) is 7.61. The molecule has 0 saturated carbocycles. The number of hydrogen-bond acceptors (Lipinski definition) is 6. The molecule has 0 unspecified atom stereocenters. The van der Waals surface area contributed by atoms with Crippen molar-refractivity contribution in [1.29, 1.82) is 0 Å². The van der Waals surface area contributed by atoms with E-state index < -0.39 is 0 Å². The summed E-state index contributed by atoms with van der Waals surface area (Å²) in [6.45, 7) is 11.4. The van der Waals surface area contributed by atoms with Gasteiger partial charge < -0.3 is 4.90 Å². The highest BCUT2D eigenvalue weighted by atomic mass is 32.1. The van der Waals surface area contributed by atoms with E-state index in [0.717, 1.165) is 30.2 Å². The Labute approximate surface area is 182 Å². The fraction of sp³-hybridized carbons (Fsp3) is 0.609. The summed E-state index contributed by atoms with van der Waals surface area (Å²) in [5.74, 6) is 1.71. The van der Waals surface area contributed by atoms with Gasteiger partial charge in [-0.3, -0.25) is 9.58 Å². The number of likely N-dealkylation sites (tertiary alicyclic amines) is 1. The van der Waals surface area contributed by atoms with Crippen LogP contribution in [0, 0.1) is 11.3 Å². The molecule has 0 aliphatic carbocycles. The van der Waals surface area contributed by atoms with Gasteiger partial charge in [0.15, 0.2) is 0 Å². The number of aromatic nitrogens is 4. The van der Waals surface area contributed by atoms with Crippen LogP contribution < -0.4 is 4.90 Å². The molecule has 3 aromatic heterocycles. The average Bonchev–Trinajstić information content (AvgIpc) is 3.50. The molecule has 0 N–H and O–H groups in total. The first-order valence-corrected chi connectivity index (χ1v) is 12.0. The molecule has 5 rings (SSSR count). The molecule has 7 heteroatoms. The van der Waals surface area contributed by atoms with Crippen molar-refractivity contribution in [1.82, 2.24) is 24.6 Å². The van der Waals surface area contributed by atoms with Gasteiger partial charge in [0.1, 0.15) is 17.0 Å². The van der Waals surface area contributed by atoms with E-state index in [1.165, 1.54) is 41.8 Å². The average molecular weight is 425 g/mol. The van der Waals surface area contributed by atoms with Crippen molar-refractivity contribution < 1.29 is 0 Å². The smallest absolute Gasteiger partial charge is 0.140 e. The van der Waals surface area contributed by atoms with Crippen molar-refractivity contribution >= 4 is 27.4 Å². The summed E-state index contributed by atoms with van der Waals surface area (Å²) in [5.41, 5.74) is 1.72. The molecule has 0 amide bonds. The summed E-state index contributed by atoms with van der Waals surface area (Å²) in [6, 6.07) is 2.75. The topological polar surface area (TPSA) is 50.1 Å². The summed E-state index contributed by atoms with van der Waals surface area (Å²) in [5, 5.41) is 5.68. The molecule has 2 aliphatic rings. The van der Waals surface area contributed by atoms with Gasteiger partial charge in [-0.2, -0.15) is 5.10 Å². The van der Waals surface area contributed by atoms with Crippen molar-refractivity contribution in [3.05, 3.63) is 35.2 Å². The number of thiophene rings is 1. The maximum Gasteiger partial charge on any atom is 0.140 e. The lowest BCUT2D eigenvalue weighted by atomic mass is 9.86. The molecule has 2 fully saturated rings. The molecule has 30 heavy (non-hydrogen) atoms. The highest BCUT2D eigenvalue weighted by Crippen LogP contribution is 2.45. The van der Waals surface area contributed by atoms with Crippen molar-refractivity contribution in [2.75, 3.05) is 31.1 Å². The van der Waals surface area contributed by atoms with Gasteiger partial charge in [-0.05, 0) is 37.8 Å². The lowest BCUT2D eigenvalue weighted by Crippen LogP contribution is -2.34. The summed E-state index contributed by atoms with van der Waals surface area (Å²) < 4.78 is 1.93. The third-order valence-corrected chi connectivity index (χ3v) is 8.19. The van der Waals surface area contributed by atoms with Gasteiger partial charge in [-0.25, -0.2) is 9.97 Å². The minimum Gasteiger partial charge on any atom is -0.355 e. The molecule has 2 atom stereocenters. The Morgan fingerprint density at radius 1 is 1.17 bits per heavy atom. The zero-order valence-corrected chi connectivity index (χ0v) is 19.3. The van der Waals surface area contributed by atoms with Gasteiger partial charge in [0.25, 0.3) is 0 Å². The quantitative estimate of drug-likeness (QED) is 0.612. The number of nitrogens with zero attached hydrogens (tertiary/aromatic N) is 6.